The molecule has 3 N–H and O–H groups in total. The molecule has 0 unspecified atom stereocenters. The van der Waals surface area contributed by atoms with Crippen molar-refractivity contribution < 1.29 is 9.47 Å². The quantitative estimate of drug-likeness (QED) is 0.813. The Kier molecular flexibility index (Phi) is 8.01. The summed E-state index contributed by atoms with van der Waals surface area (Å²) < 4.78 is 10.3. The van der Waals surface area contributed by atoms with Gasteiger partial charge in [-0.2, -0.15) is 0 Å². The van der Waals surface area contributed by atoms with Gasteiger partial charge in [0.1, 0.15) is 11.4 Å². The maximum absolute atomic E-state index is 5.71. The lowest BCUT2D eigenvalue weighted by Gasteiger charge is -2.13. The third kappa shape index (κ3) is 3.25. The molecule has 0 aromatic heterocycles. The first kappa shape index (κ1) is 16.4. The summed E-state index contributed by atoms with van der Waals surface area (Å²) in [6.07, 6.45) is 0. The molecule has 0 spiro atoms. The molecule has 0 atom stereocenters. The van der Waals surface area contributed by atoms with E-state index in [4.69, 9.17) is 15.2 Å². The summed E-state index contributed by atoms with van der Waals surface area (Å²) in [5, 5.41) is 2.98. The average Bonchev–Trinajstić information content (AvgIpc) is 2.17. The van der Waals surface area contributed by atoms with E-state index in [1.165, 1.54) is 0 Å². The number of nitrogens with two attached hydrogens (primary N) is 1. The van der Waals surface area contributed by atoms with Gasteiger partial charge < -0.3 is 20.5 Å². The number of hydrogen-bond acceptors (Lipinski definition) is 4. The van der Waals surface area contributed by atoms with Gasteiger partial charge in [-0.05, 0) is 12.1 Å². The summed E-state index contributed by atoms with van der Waals surface area (Å²) in [5.41, 5.74) is 7.07. The smallest absolute Gasteiger partial charge is 0.168 e. The minimum Gasteiger partial charge on any atom is -0.494 e. The predicted molar refractivity (Wildman–Crippen MR) is 68.0 cm³/mol. The molecule has 0 saturated carbocycles. The number of ether oxygens (including phenoxy) is 2. The minimum atomic E-state index is 0. The molecule has 6 heteroatoms. The molecule has 1 aromatic rings. The first-order chi connectivity index (χ1) is 6.24. The van der Waals surface area contributed by atoms with E-state index in [2.05, 4.69) is 5.32 Å². The van der Waals surface area contributed by atoms with Crippen molar-refractivity contribution in [2.24, 2.45) is 0 Å². The molecule has 0 bridgehead atoms. The molecule has 0 radical (unpaired) electrons. The summed E-state index contributed by atoms with van der Waals surface area (Å²) in [6, 6.07) is 3.54. The van der Waals surface area contributed by atoms with Crippen LogP contribution >= 0.6 is 24.8 Å². The van der Waals surface area contributed by atoms with Crippen molar-refractivity contribution in [1.82, 2.24) is 0 Å². The monoisotopic (exact) mass is 254 g/mol. The molecule has 4 nitrogen and oxygen atoms in total. The molecule has 88 valence electrons. The van der Waals surface area contributed by atoms with Crippen LogP contribution in [0.2, 0.25) is 0 Å². The highest BCUT2D eigenvalue weighted by Crippen LogP contribution is 2.38. The van der Waals surface area contributed by atoms with Crippen molar-refractivity contribution in [2.75, 3.05) is 32.3 Å². The molecule has 0 aliphatic carbocycles. The molecule has 0 aliphatic heterocycles. The Morgan fingerprint density at radius 3 is 2.13 bits per heavy atom. The van der Waals surface area contributed by atoms with Gasteiger partial charge in [0.2, 0.25) is 0 Å². The summed E-state index contributed by atoms with van der Waals surface area (Å²) in [4.78, 5) is 0. The van der Waals surface area contributed by atoms with Crippen LogP contribution in [0.25, 0.3) is 0 Å². The first-order valence-electron chi connectivity index (χ1n) is 3.92. The van der Waals surface area contributed by atoms with Gasteiger partial charge in [0, 0.05) is 7.05 Å². The van der Waals surface area contributed by atoms with E-state index in [0.29, 0.717) is 17.2 Å². The van der Waals surface area contributed by atoms with E-state index in [9.17, 15) is 0 Å². The van der Waals surface area contributed by atoms with Gasteiger partial charge in [-0.3, -0.25) is 0 Å². The highest BCUT2D eigenvalue weighted by atomic mass is 35.5. The molecule has 1 aromatic carbocycles. The minimum absolute atomic E-state index is 0. The largest absolute Gasteiger partial charge is 0.494 e. The Morgan fingerprint density at radius 1 is 1.13 bits per heavy atom. The van der Waals surface area contributed by atoms with Crippen LogP contribution in [0.3, 0.4) is 0 Å². The van der Waals surface area contributed by atoms with E-state index in [-0.39, 0.29) is 24.8 Å². The molecule has 0 aliphatic rings. The lowest BCUT2D eigenvalue weighted by molar-refractivity contribution is 0.399. The molecule has 0 heterocycles. The summed E-state index contributed by atoms with van der Waals surface area (Å²) in [7, 11) is 4.97. The van der Waals surface area contributed by atoms with Crippen LogP contribution in [-0.2, 0) is 0 Å². The third-order valence-electron chi connectivity index (χ3n) is 1.82. The number of methoxy groups -OCH3 is 2. The van der Waals surface area contributed by atoms with Gasteiger partial charge in [0.25, 0.3) is 0 Å². The van der Waals surface area contributed by atoms with E-state index in [0.717, 1.165) is 5.69 Å². The third-order valence-corrected chi connectivity index (χ3v) is 1.82. The van der Waals surface area contributed by atoms with Gasteiger partial charge in [-0.15, -0.1) is 24.8 Å². The number of benzene rings is 1. The average molecular weight is 255 g/mol. The van der Waals surface area contributed by atoms with E-state index >= 15 is 0 Å². The zero-order valence-corrected chi connectivity index (χ0v) is 10.5. The Morgan fingerprint density at radius 2 is 1.73 bits per heavy atom. The van der Waals surface area contributed by atoms with Crippen molar-refractivity contribution in [3.05, 3.63) is 12.1 Å². The van der Waals surface area contributed by atoms with Gasteiger partial charge in [-0.1, -0.05) is 0 Å². The molecular formula is C9H16Cl2N2O2. The Bertz CT molecular complexity index is 308. The maximum Gasteiger partial charge on any atom is 0.168 e. The Hall–Kier alpha value is -1.000. The zero-order chi connectivity index (χ0) is 9.84. The van der Waals surface area contributed by atoms with E-state index in [1.54, 1.807) is 33.4 Å². The van der Waals surface area contributed by atoms with E-state index in [1.807, 2.05) is 0 Å². The van der Waals surface area contributed by atoms with Gasteiger partial charge >= 0.3 is 0 Å². The first-order valence-corrected chi connectivity index (χ1v) is 3.92. The molecular weight excluding hydrogens is 239 g/mol. The number of nitrogen functional groups attached to an aromatic ring is 1. The maximum atomic E-state index is 5.71. The fraction of sp³-hybridized carbons (Fsp3) is 0.333. The van der Waals surface area contributed by atoms with Crippen LogP contribution in [-0.4, -0.2) is 21.3 Å². The number of anilines is 2. The van der Waals surface area contributed by atoms with Crippen LogP contribution in [0.15, 0.2) is 12.1 Å². The zero-order valence-electron chi connectivity index (χ0n) is 8.87. The van der Waals surface area contributed by atoms with Crippen LogP contribution in [0.4, 0.5) is 11.4 Å². The number of nitrogens with one attached hydrogen (secondary N) is 1. The van der Waals surface area contributed by atoms with Crippen LogP contribution in [0.1, 0.15) is 0 Å². The topological polar surface area (TPSA) is 56.5 Å². The highest BCUT2D eigenvalue weighted by molar-refractivity contribution is 5.85. The summed E-state index contributed by atoms with van der Waals surface area (Å²) in [6.45, 7) is 0. The second kappa shape index (κ2) is 7.31. The van der Waals surface area contributed by atoms with Crippen LogP contribution in [0.5, 0.6) is 11.5 Å². The number of halogens is 2. The van der Waals surface area contributed by atoms with Gasteiger partial charge in [-0.25, -0.2) is 0 Å². The van der Waals surface area contributed by atoms with Crippen molar-refractivity contribution in [1.29, 1.82) is 0 Å². The van der Waals surface area contributed by atoms with Crippen LogP contribution in [0, 0.1) is 0 Å². The second-order valence-electron chi connectivity index (χ2n) is 2.52. The summed E-state index contributed by atoms with van der Waals surface area (Å²) >= 11 is 0. The van der Waals surface area contributed by atoms with Gasteiger partial charge in [0.15, 0.2) is 5.75 Å². The second-order valence-corrected chi connectivity index (χ2v) is 2.52. The number of rotatable bonds is 3. The fourth-order valence-electron chi connectivity index (χ4n) is 1.21. The van der Waals surface area contributed by atoms with Crippen molar-refractivity contribution in [2.45, 2.75) is 0 Å². The SMILES string of the molecule is CNc1c(OC)ccc(N)c1OC.Cl.Cl. The van der Waals surface area contributed by atoms with Crippen molar-refractivity contribution in [3.63, 3.8) is 0 Å². The predicted octanol–water partition coefficient (Wildman–Crippen LogP) is 2.17. The lowest BCUT2D eigenvalue weighted by atomic mass is 10.2. The Labute approximate surface area is 102 Å². The highest BCUT2D eigenvalue weighted by Gasteiger charge is 2.10. The molecule has 15 heavy (non-hydrogen) atoms. The molecule has 1 rings (SSSR count). The van der Waals surface area contributed by atoms with Gasteiger partial charge in [0.05, 0.1) is 19.9 Å². The Balaban J connectivity index is 0. The molecule has 0 fully saturated rings. The van der Waals surface area contributed by atoms with Crippen LogP contribution < -0.4 is 20.5 Å². The molecule has 0 amide bonds. The fourth-order valence-corrected chi connectivity index (χ4v) is 1.21. The normalized spacial score (nSPS) is 8.20. The summed E-state index contributed by atoms with van der Waals surface area (Å²) in [5.74, 6) is 1.33. The number of hydrogen-bond donors (Lipinski definition) is 2. The molecule has 0 saturated heterocycles. The lowest BCUT2D eigenvalue weighted by Crippen LogP contribution is -2.00. The standard InChI is InChI=1S/C9H14N2O2.2ClH/c1-11-8-7(12-2)5-4-6(10)9(8)13-3;;/h4-5,11H,10H2,1-3H3;2*1H. The van der Waals surface area contributed by atoms with Crippen molar-refractivity contribution >= 4 is 36.2 Å². The van der Waals surface area contributed by atoms with Crippen molar-refractivity contribution in [3.8, 4) is 11.5 Å². The van der Waals surface area contributed by atoms with E-state index < -0.39 is 0 Å².